The third-order valence-electron chi connectivity index (χ3n) is 2.47. The topological polar surface area (TPSA) is 35.0 Å². The molecule has 0 atom stereocenters. The first-order valence-electron chi connectivity index (χ1n) is 5.35. The Labute approximate surface area is 98.7 Å². The first-order chi connectivity index (χ1) is 8.43. The van der Waals surface area contributed by atoms with E-state index in [0.717, 1.165) is 22.4 Å². The molecule has 0 spiro atoms. The third kappa shape index (κ3) is 1.95. The summed E-state index contributed by atoms with van der Waals surface area (Å²) in [4.78, 5) is 8.36. The van der Waals surface area contributed by atoms with E-state index >= 15 is 0 Å². The van der Waals surface area contributed by atoms with E-state index in [4.69, 9.17) is 4.74 Å². The molecular formula is C14H10N2O. The molecule has 17 heavy (non-hydrogen) atoms. The number of pyridine rings is 2. The Bertz CT molecular complexity index is 633. The Hall–Kier alpha value is -2.42. The van der Waals surface area contributed by atoms with Gasteiger partial charge < -0.3 is 4.74 Å². The zero-order valence-corrected chi connectivity index (χ0v) is 9.08. The van der Waals surface area contributed by atoms with E-state index in [0.29, 0.717) is 0 Å². The molecule has 0 aliphatic heterocycles. The van der Waals surface area contributed by atoms with Gasteiger partial charge in [0.15, 0.2) is 0 Å². The Balaban J connectivity index is 2.06. The van der Waals surface area contributed by atoms with Crippen molar-refractivity contribution >= 4 is 10.9 Å². The van der Waals surface area contributed by atoms with Gasteiger partial charge in [-0.3, -0.25) is 9.97 Å². The van der Waals surface area contributed by atoms with Crippen molar-refractivity contribution < 1.29 is 4.74 Å². The predicted octanol–water partition coefficient (Wildman–Crippen LogP) is 3.42. The van der Waals surface area contributed by atoms with Gasteiger partial charge in [0.05, 0.1) is 10.9 Å². The highest BCUT2D eigenvalue weighted by atomic mass is 16.5. The van der Waals surface area contributed by atoms with Crippen LogP contribution in [-0.2, 0) is 0 Å². The van der Waals surface area contributed by atoms with Crippen LogP contribution in [-0.4, -0.2) is 9.97 Å². The normalized spacial score (nSPS) is 10.4. The molecule has 0 unspecified atom stereocenters. The van der Waals surface area contributed by atoms with Crippen LogP contribution < -0.4 is 4.74 Å². The lowest BCUT2D eigenvalue weighted by atomic mass is 10.2. The van der Waals surface area contributed by atoms with Crippen LogP contribution in [0.1, 0.15) is 0 Å². The monoisotopic (exact) mass is 222 g/mol. The lowest BCUT2D eigenvalue weighted by Crippen LogP contribution is -1.87. The Morgan fingerprint density at radius 2 is 1.76 bits per heavy atom. The second-order valence-electron chi connectivity index (χ2n) is 3.62. The van der Waals surface area contributed by atoms with Crippen molar-refractivity contribution in [2.75, 3.05) is 0 Å². The van der Waals surface area contributed by atoms with E-state index in [1.54, 1.807) is 18.6 Å². The first-order valence-corrected chi connectivity index (χ1v) is 5.35. The van der Waals surface area contributed by atoms with Gasteiger partial charge in [-0.15, -0.1) is 0 Å². The summed E-state index contributed by atoms with van der Waals surface area (Å²) in [5, 5.41) is 0.916. The number of para-hydroxylation sites is 1. The number of nitrogens with zero attached hydrogens (tertiary/aromatic N) is 2. The highest BCUT2D eigenvalue weighted by molar-refractivity contribution is 5.83. The van der Waals surface area contributed by atoms with Gasteiger partial charge in [0.1, 0.15) is 11.5 Å². The maximum absolute atomic E-state index is 5.81. The van der Waals surface area contributed by atoms with Crippen LogP contribution in [0.2, 0.25) is 0 Å². The molecule has 0 amide bonds. The number of fused-ring (bicyclic) bond motifs is 1. The molecule has 82 valence electrons. The predicted molar refractivity (Wildman–Crippen MR) is 66.1 cm³/mol. The Morgan fingerprint density at radius 3 is 2.65 bits per heavy atom. The van der Waals surface area contributed by atoms with Crippen molar-refractivity contribution in [3.63, 3.8) is 0 Å². The van der Waals surface area contributed by atoms with E-state index in [-0.39, 0.29) is 0 Å². The molecule has 3 heteroatoms. The molecule has 1 aromatic carbocycles. The Morgan fingerprint density at radius 1 is 0.882 bits per heavy atom. The summed E-state index contributed by atoms with van der Waals surface area (Å²) in [5.41, 5.74) is 0.883. The van der Waals surface area contributed by atoms with E-state index < -0.39 is 0 Å². The van der Waals surface area contributed by atoms with Crippen LogP contribution in [0, 0.1) is 0 Å². The fraction of sp³-hybridized carbons (Fsp3) is 0. The van der Waals surface area contributed by atoms with Crippen molar-refractivity contribution in [2.45, 2.75) is 0 Å². The molecule has 3 nitrogen and oxygen atoms in total. The highest BCUT2D eigenvalue weighted by Crippen LogP contribution is 2.27. The maximum atomic E-state index is 5.81. The third-order valence-corrected chi connectivity index (χ3v) is 2.47. The van der Waals surface area contributed by atoms with Gasteiger partial charge in [-0.1, -0.05) is 18.2 Å². The van der Waals surface area contributed by atoms with Crippen molar-refractivity contribution in [3.8, 4) is 11.5 Å². The average molecular weight is 222 g/mol. The molecule has 0 N–H and O–H groups in total. The molecule has 0 saturated carbocycles. The van der Waals surface area contributed by atoms with Gasteiger partial charge >= 0.3 is 0 Å². The van der Waals surface area contributed by atoms with Crippen molar-refractivity contribution in [1.29, 1.82) is 0 Å². The molecule has 3 aromatic rings. The van der Waals surface area contributed by atoms with Gasteiger partial charge in [0.25, 0.3) is 0 Å². The SMILES string of the molecule is c1ccc(Oc2ccnc3ccncc23)cc1. The summed E-state index contributed by atoms with van der Waals surface area (Å²) in [6.07, 6.45) is 5.23. The van der Waals surface area contributed by atoms with Crippen LogP contribution in [0.25, 0.3) is 10.9 Å². The zero-order valence-electron chi connectivity index (χ0n) is 9.08. The maximum Gasteiger partial charge on any atom is 0.139 e. The molecule has 2 heterocycles. The van der Waals surface area contributed by atoms with Gasteiger partial charge in [0, 0.05) is 18.6 Å². The van der Waals surface area contributed by atoms with Gasteiger partial charge in [0.2, 0.25) is 0 Å². The molecule has 2 aromatic heterocycles. The van der Waals surface area contributed by atoms with E-state index in [9.17, 15) is 0 Å². The van der Waals surface area contributed by atoms with Crippen molar-refractivity contribution in [1.82, 2.24) is 9.97 Å². The number of benzene rings is 1. The minimum atomic E-state index is 0.773. The Kier molecular flexibility index (Phi) is 2.43. The zero-order chi connectivity index (χ0) is 11.5. The summed E-state index contributed by atoms with van der Waals surface area (Å²) < 4.78 is 5.81. The van der Waals surface area contributed by atoms with Crippen LogP contribution in [0.3, 0.4) is 0 Å². The molecular weight excluding hydrogens is 212 g/mol. The summed E-state index contributed by atoms with van der Waals surface area (Å²) >= 11 is 0. The lowest BCUT2D eigenvalue weighted by molar-refractivity contribution is 0.488. The molecule has 0 bridgehead atoms. The molecule has 0 saturated heterocycles. The summed E-state index contributed by atoms with van der Waals surface area (Å²) in [5.74, 6) is 1.58. The van der Waals surface area contributed by atoms with Gasteiger partial charge in [-0.2, -0.15) is 0 Å². The molecule has 0 radical (unpaired) electrons. The van der Waals surface area contributed by atoms with Crippen molar-refractivity contribution in [2.24, 2.45) is 0 Å². The smallest absolute Gasteiger partial charge is 0.139 e. The molecule has 3 rings (SSSR count). The molecule has 0 aliphatic rings. The van der Waals surface area contributed by atoms with Crippen LogP contribution in [0.15, 0.2) is 61.1 Å². The largest absolute Gasteiger partial charge is 0.457 e. The van der Waals surface area contributed by atoms with Crippen LogP contribution in [0.4, 0.5) is 0 Å². The summed E-state index contributed by atoms with van der Waals surface area (Å²) in [6.45, 7) is 0. The second-order valence-corrected chi connectivity index (χ2v) is 3.62. The number of aromatic nitrogens is 2. The van der Waals surface area contributed by atoms with Crippen molar-refractivity contribution in [3.05, 3.63) is 61.1 Å². The molecule has 0 fully saturated rings. The van der Waals surface area contributed by atoms with E-state index in [1.807, 2.05) is 42.5 Å². The number of ether oxygens (including phenoxy) is 1. The van der Waals surface area contributed by atoms with E-state index in [2.05, 4.69) is 9.97 Å². The standard InChI is InChI=1S/C14H10N2O/c1-2-4-11(5-3-1)17-14-7-9-16-13-6-8-15-10-12(13)14/h1-10H. The fourth-order valence-electron chi connectivity index (χ4n) is 1.67. The van der Waals surface area contributed by atoms with E-state index in [1.165, 1.54) is 0 Å². The van der Waals surface area contributed by atoms with Crippen LogP contribution in [0.5, 0.6) is 11.5 Å². The average Bonchev–Trinajstić information content (AvgIpc) is 2.40. The summed E-state index contributed by atoms with van der Waals surface area (Å²) in [6, 6.07) is 13.4. The number of rotatable bonds is 2. The van der Waals surface area contributed by atoms with Gasteiger partial charge in [-0.05, 0) is 24.3 Å². The molecule has 0 aliphatic carbocycles. The van der Waals surface area contributed by atoms with Crippen LogP contribution >= 0.6 is 0 Å². The summed E-state index contributed by atoms with van der Waals surface area (Å²) in [7, 11) is 0. The fourth-order valence-corrected chi connectivity index (χ4v) is 1.67. The minimum absolute atomic E-state index is 0.773. The van der Waals surface area contributed by atoms with Gasteiger partial charge in [-0.25, -0.2) is 0 Å². The number of hydrogen-bond donors (Lipinski definition) is 0. The minimum Gasteiger partial charge on any atom is -0.457 e. The number of hydrogen-bond acceptors (Lipinski definition) is 3. The lowest BCUT2D eigenvalue weighted by Gasteiger charge is -2.07. The first kappa shape index (κ1) is 9.78. The second kappa shape index (κ2) is 4.22. The highest BCUT2D eigenvalue weighted by Gasteiger charge is 2.03. The quantitative estimate of drug-likeness (QED) is 0.666.